The first-order valence-corrected chi connectivity index (χ1v) is 6.58. The molecule has 2 rings (SSSR count). The fraction of sp³-hybridized carbons (Fsp3) is 0.154. The van der Waals surface area contributed by atoms with E-state index in [1.807, 2.05) is 11.4 Å². The summed E-state index contributed by atoms with van der Waals surface area (Å²) < 4.78 is 0. The summed E-state index contributed by atoms with van der Waals surface area (Å²) in [5.74, 6) is 4.99. The highest BCUT2D eigenvalue weighted by Crippen LogP contribution is 2.15. The Balaban J connectivity index is 2.02. The maximum atomic E-state index is 11.8. The fourth-order valence-corrected chi connectivity index (χ4v) is 2.22. The monoisotopic (exact) mass is 289 g/mol. The highest BCUT2D eigenvalue weighted by atomic mass is 32.1. The van der Waals surface area contributed by atoms with Crippen LogP contribution in [0, 0.1) is 11.8 Å². The number of thiophene rings is 1. The van der Waals surface area contributed by atoms with Gasteiger partial charge in [-0.2, -0.15) is 5.10 Å². The first-order chi connectivity index (χ1) is 9.70. The molecule has 2 heterocycles. The van der Waals surface area contributed by atoms with Crippen LogP contribution in [0.3, 0.4) is 0 Å². The predicted molar refractivity (Wildman–Crippen MR) is 74.3 cm³/mol. The Morgan fingerprint density at radius 1 is 1.45 bits per heavy atom. The second kappa shape index (κ2) is 6.65. The topological polar surface area (TPSA) is 95.1 Å². The van der Waals surface area contributed by atoms with E-state index < -0.39 is 0 Å². The molecule has 0 aliphatic carbocycles. The summed E-state index contributed by atoms with van der Waals surface area (Å²) in [7, 11) is 0. The lowest BCUT2D eigenvalue weighted by Gasteiger charge is -2.03. The molecule has 102 valence electrons. The van der Waals surface area contributed by atoms with Gasteiger partial charge in [-0.1, -0.05) is 11.8 Å². The smallest absolute Gasteiger partial charge is 0.272 e. The molecule has 0 fully saturated rings. The summed E-state index contributed by atoms with van der Waals surface area (Å²) in [6.45, 7) is 0.107. The highest BCUT2D eigenvalue weighted by molar-refractivity contribution is 7.10. The highest BCUT2D eigenvalue weighted by Gasteiger charge is 2.08. The van der Waals surface area contributed by atoms with Crippen LogP contribution >= 0.6 is 11.3 Å². The number of nitrogens with one attached hydrogen (secondary N) is 2. The molecule has 3 N–H and O–H groups in total. The van der Waals surface area contributed by atoms with Gasteiger partial charge in [0.05, 0.1) is 6.54 Å². The van der Waals surface area contributed by atoms with Gasteiger partial charge < -0.3 is 10.4 Å². The molecule has 0 saturated heterocycles. The van der Waals surface area contributed by atoms with E-state index in [1.54, 1.807) is 0 Å². The average molecular weight is 289 g/mol. The van der Waals surface area contributed by atoms with Crippen molar-refractivity contribution in [1.82, 2.24) is 15.5 Å². The van der Waals surface area contributed by atoms with E-state index in [-0.39, 0.29) is 23.8 Å². The number of H-pyrrole nitrogens is 1. The standard InChI is InChI=1S/C13H11N3O3S/c17-6-1-2-9-5-7-20-11(9)8-14-13(19)10-3-4-12(18)16-15-10/h3-5,7,17H,6,8H2,(H,14,19)(H,16,18). The SMILES string of the molecule is O=C(NCc1sccc1C#CCO)c1ccc(=O)[nH]n1. The first-order valence-electron chi connectivity index (χ1n) is 5.70. The summed E-state index contributed by atoms with van der Waals surface area (Å²) in [6.07, 6.45) is 0. The molecular weight excluding hydrogens is 278 g/mol. The number of aliphatic hydroxyl groups excluding tert-OH is 1. The zero-order valence-corrected chi connectivity index (χ0v) is 11.2. The number of hydrogen-bond acceptors (Lipinski definition) is 5. The van der Waals surface area contributed by atoms with E-state index in [0.29, 0.717) is 6.54 Å². The number of carbonyl (C=O) groups excluding carboxylic acids is 1. The number of nitrogens with zero attached hydrogens (tertiary/aromatic N) is 1. The Morgan fingerprint density at radius 3 is 3.00 bits per heavy atom. The molecule has 0 saturated carbocycles. The zero-order valence-electron chi connectivity index (χ0n) is 10.3. The molecule has 7 heteroatoms. The molecule has 0 radical (unpaired) electrons. The number of rotatable bonds is 3. The number of carbonyl (C=O) groups is 1. The van der Waals surface area contributed by atoms with Crippen molar-refractivity contribution >= 4 is 17.2 Å². The summed E-state index contributed by atoms with van der Waals surface area (Å²) in [5, 5.41) is 19.1. The quantitative estimate of drug-likeness (QED) is 0.699. The number of hydrogen-bond donors (Lipinski definition) is 3. The number of aromatic nitrogens is 2. The molecule has 0 bridgehead atoms. The van der Waals surface area contributed by atoms with Gasteiger partial charge in [0, 0.05) is 16.5 Å². The van der Waals surface area contributed by atoms with Gasteiger partial charge in [-0.25, -0.2) is 5.10 Å². The summed E-state index contributed by atoms with van der Waals surface area (Å²) in [5.41, 5.74) is 0.560. The van der Waals surface area contributed by atoms with Crippen molar-refractivity contribution in [3.8, 4) is 11.8 Å². The second-order valence-corrected chi connectivity index (χ2v) is 4.71. The minimum absolute atomic E-state index is 0.143. The number of amides is 1. The normalized spacial score (nSPS) is 9.65. The fourth-order valence-electron chi connectivity index (χ4n) is 1.45. The Bertz CT molecular complexity index is 704. The second-order valence-electron chi connectivity index (χ2n) is 3.71. The van der Waals surface area contributed by atoms with Gasteiger partial charge in [-0.3, -0.25) is 9.59 Å². The zero-order chi connectivity index (χ0) is 14.4. The molecule has 6 nitrogen and oxygen atoms in total. The molecule has 0 aliphatic rings. The Hall–Kier alpha value is -2.43. The third kappa shape index (κ3) is 3.54. The number of aromatic amines is 1. The Morgan fingerprint density at radius 2 is 2.30 bits per heavy atom. The largest absolute Gasteiger partial charge is 0.384 e. The van der Waals surface area contributed by atoms with Gasteiger partial charge in [-0.15, -0.1) is 11.3 Å². The van der Waals surface area contributed by atoms with Gasteiger partial charge in [0.15, 0.2) is 0 Å². The summed E-state index contributed by atoms with van der Waals surface area (Å²) in [6, 6.07) is 4.42. The third-order valence-electron chi connectivity index (χ3n) is 2.37. The van der Waals surface area contributed by atoms with Crippen molar-refractivity contribution in [1.29, 1.82) is 0 Å². The first kappa shape index (κ1) is 14.0. The Kier molecular flexibility index (Phi) is 4.65. The van der Waals surface area contributed by atoms with Crippen LogP contribution < -0.4 is 10.9 Å². The molecule has 2 aromatic rings. The molecule has 20 heavy (non-hydrogen) atoms. The van der Waals surface area contributed by atoms with Crippen molar-refractivity contribution in [2.75, 3.05) is 6.61 Å². The minimum atomic E-state index is -0.379. The van der Waals surface area contributed by atoms with Crippen LogP contribution in [-0.4, -0.2) is 27.8 Å². The molecular formula is C13H11N3O3S. The lowest BCUT2D eigenvalue weighted by molar-refractivity contribution is 0.0945. The maximum Gasteiger partial charge on any atom is 0.272 e. The van der Waals surface area contributed by atoms with Gasteiger partial charge in [0.1, 0.15) is 12.3 Å². The van der Waals surface area contributed by atoms with E-state index >= 15 is 0 Å². The van der Waals surface area contributed by atoms with Gasteiger partial charge in [0.2, 0.25) is 0 Å². The van der Waals surface area contributed by atoms with E-state index in [2.05, 4.69) is 27.4 Å². The summed E-state index contributed by atoms with van der Waals surface area (Å²) in [4.78, 5) is 23.6. The lowest BCUT2D eigenvalue weighted by Crippen LogP contribution is -2.25. The van der Waals surface area contributed by atoms with Crippen LogP contribution in [0.4, 0.5) is 0 Å². The van der Waals surface area contributed by atoms with Crippen LogP contribution in [0.25, 0.3) is 0 Å². The van der Waals surface area contributed by atoms with Crippen LogP contribution in [0.1, 0.15) is 20.9 Å². The summed E-state index contributed by atoms with van der Waals surface area (Å²) >= 11 is 1.46. The van der Waals surface area contributed by atoms with Crippen LogP contribution in [0.5, 0.6) is 0 Å². The van der Waals surface area contributed by atoms with E-state index in [4.69, 9.17) is 5.11 Å². The predicted octanol–water partition coefficient (Wildman–Crippen LogP) is 0.105. The van der Waals surface area contributed by atoms with Gasteiger partial charge in [-0.05, 0) is 17.5 Å². The van der Waals surface area contributed by atoms with E-state index in [0.717, 1.165) is 10.4 Å². The van der Waals surface area contributed by atoms with Crippen LogP contribution in [-0.2, 0) is 6.54 Å². The van der Waals surface area contributed by atoms with Crippen LogP contribution in [0.15, 0.2) is 28.4 Å². The number of aliphatic hydroxyl groups is 1. The van der Waals surface area contributed by atoms with E-state index in [9.17, 15) is 9.59 Å². The molecule has 0 unspecified atom stereocenters. The van der Waals surface area contributed by atoms with Crippen molar-refractivity contribution in [3.05, 3.63) is 50.1 Å². The minimum Gasteiger partial charge on any atom is -0.384 e. The van der Waals surface area contributed by atoms with Crippen LogP contribution in [0.2, 0.25) is 0 Å². The molecule has 0 aliphatic heterocycles. The van der Waals surface area contributed by atoms with Crippen molar-refractivity contribution < 1.29 is 9.90 Å². The molecule has 0 aromatic carbocycles. The molecule has 0 atom stereocenters. The molecule has 2 aromatic heterocycles. The van der Waals surface area contributed by atoms with Crippen molar-refractivity contribution in [2.24, 2.45) is 0 Å². The van der Waals surface area contributed by atoms with E-state index in [1.165, 1.54) is 23.5 Å². The third-order valence-corrected chi connectivity index (χ3v) is 3.29. The molecule has 1 amide bonds. The average Bonchev–Trinajstić information content (AvgIpc) is 2.90. The van der Waals surface area contributed by atoms with Gasteiger partial charge >= 0.3 is 0 Å². The maximum absolute atomic E-state index is 11.8. The molecule has 0 spiro atoms. The lowest BCUT2D eigenvalue weighted by atomic mass is 10.2. The van der Waals surface area contributed by atoms with Crippen molar-refractivity contribution in [3.63, 3.8) is 0 Å². The van der Waals surface area contributed by atoms with Crippen molar-refractivity contribution in [2.45, 2.75) is 6.54 Å². The Labute approximate surface area is 118 Å². The van der Waals surface area contributed by atoms with Gasteiger partial charge in [0.25, 0.3) is 11.5 Å².